The van der Waals surface area contributed by atoms with Crippen molar-refractivity contribution in [2.24, 2.45) is 5.92 Å². The van der Waals surface area contributed by atoms with E-state index in [1.807, 2.05) is 91.0 Å². The Labute approximate surface area is 202 Å². The zero-order valence-electron chi connectivity index (χ0n) is 19.7. The summed E-state index contributed by atoms with van der Waals surface area (Å²) < 4.78 is 13.3. The van der Waals surface area contributed by atoms with Crippen LogP contribution >= 0.6 is 0 Å². The predicted octanol–water partition coefficient (Wildman–Crippen LogP) is 5.44. The Morgan fingerprint density at radius 3 is 1.97 bits per heavy atom. The van der Waals surface area contributed by atoms with Crippen molar-refractivity contribution in [1.29, 1.82) is 0 Å². The summed E-state index contributed by atoms with van der Waals surface area (Å²) in [7, 11) is 0. The first-order valence-electron chi connectivity index (χ1n) is 12.6. The van der Waals surface area contributed by atoms with Crippen molar-refractivity contribution in [2.45, 2.75) is 31.3 Å². The van der Waals surface area contributed by atoms with Crippen LogP contribution in [0.3, 0.4) is 0 Å². The number of carbonyl (C=O) groups is 1. The number of piperidine rings is 3. The molecule has 3 aromatic rings. The van der Waals surface area contributed by atoms with Crippen LogP contribution < -0.4 is 4.74 Å². The second-order valence-electron chi connectivity index (χ2n) is 9.78. The van der Waals surface area contributed by atoms with E-state index < -0.39 is 0 Å². The van der Waals surface area contributed by atoms with Gasteiger partial charge in [-0.1, -0.05) is 78.9 Å². The Kier molecular flexibility index (Phi) is 6.96. The minimum atomic E-state index is -0.384. The Hall–Kier alpha value is -3.11. The summed E-state index contributed by atoms with van der Waals surface area (Å²) in [6.45, 7) is 5.10. The minimum absolute atomic E-state index is 0.0000313. The SMILES string of the molecule is O=C(O[C@H]1C[N+]2(CCCOc3ccccc3)CCC1CC2)C(c1ccccc1)c1ccccc1. The number of quaternary nitrogens is 1. The first-order valence-corrected chi connectivity index (χ1v) is 12.6. The van der Waals surface area contributed by atoms with Gasteiger partial charge < -0.3 is 14.0 Å². The van der Waals surface area contributed by atoms with Gasteiger partial charge in [0.05, 0.1) is 26.2 Å². The van der Waals surface area contributed by atoms with Crippen molar-refractivity contribution in [3.63, 3.8) is 0 Å². The number of rotatable bonds is 9. The van der Waals surface area contributed by atoms with E-state index in [2.05, 4.69) is 0 Å². The number of hydrogen-bond donors (Lipinski definition) is 0. The minimum Gasteiger partial charge on any atom is -0.493 e. The largest absolute Gasteiger partial charge is 0.493 e. The lowest BCUT2D eigenvalue weighted by Gasteiger charge is -2.52. The second kappa shape index (κ2) is 10.4. The number of benzene rings is 3. The Morgan fingerprint density at radius 2 is 1.38 bits per heavy atom. The summed E-state index contributed by atoms with van der Waals surface area (Å²) in [6, 6.07) is 30.1. The summed E-state index contributed by atoms with van der Waals surface area (Å²) >= 11 is 0. The van der Waals surface area contributed by atoms with Gasteiger partial charge in [-0.25, -0.2) is 0 Å². The molecule has 3 aliphatic rings. The van der Waals surface area contributed by atoms with E-state index in [0.29, 0.717) is 5.92 Å². The molecule has 2 bridgehead atoms. The molecule has 0 amide bonds. The summed E-state index contributed by atoms with van der Waals surface area (Å²) in [5.74, 6) is 0.906. The van der Waals surface area contributed by atoms with Crippen molar-refractivity contribution >= 4 is 5.97 Å². The van der Waals surface area contributed by atoms with Crippen molar-refractivity contribution in [3.05, 3.63) is 102 Å². The lowest BCUT2D eigenvalue weighted by Crippen LogP contribution is -2.64. The average Bonchev–Trinajstić information content (AvgIpc) is 2.89. The molecule has 4 nitrogen and oxygen atoms in total. The third kappa shape index (κ3) is 5.18. The van der Waals surface area contributed by atoms with Crippen LogP contribution in [0.15, 0.2) is 91.0 Å². The molecule has 1 atom stereocenters. The molecule has 0 saturated carbocycles. The topological polar surface area (TPSA) is 35.5 Å². The molecule has 176 valence electrons. The number of carbonyl (C=O) groups excluding carboxylic acids is 1. The summed E-state index contributed by atoms with van der Waals surface area (Å²) in [4.78, 5) is 13.6. The monoisotopic (exact) mass is 456 g/mol. The molecule has 0 spiro atoms. The van der Waals surface area contributed by atoms with Gasteiger partial charge in [0.25, 0.3) is 0 Å². The molecule has 0 N–H and O–H groups in total. The number of fused-ring (bicyclic) bond motifs is 3. The second-order valence-corrected chi connectivity index (χ2v) is 9.78. The van der Waals surface area contributed by atoms with Gasteiger partial charge in [0.1, 0.15) is 18.2 Å². The summed E-state index contributed by atoms with van der Waals surface area (Å²) in [5, 5.41) is 0. The number of esters is 1. The summed E-state index contributed by atoms with van der Waals surface area (Å²) in [6.07, 6.45) is 3.29. The van der Waals surface area contributed by atoms with Crippen LogP contribution in [0.1, 0.15) is 36.3 Å². The highest BCUT2D eigenvalue weighted by atomic mass is 16.5. The molecule has 3 heterocycles. The quantitative estimate of drug-likeness (QED) is 0.244. The van der Waals surface area contributed by atoms with Gasteiger partial charge in [-0.15, -0.1) is 0 Å². The molecule has 34 heavy (non-hydrogen) atoms. The van der Waals surface area contributed by atoms with Crippen LogP contribution in [0.4, 0.5) is 0 Å². The van der Waals surface area contributed by atoms with Crippen molar-refractivity contribution in [1.82, 2.24) is 0 Å². The van der Waals surface area contributed by atoms with E-state index in [0.717, 1.165) is 60.3 Å². The molecule has 0 aliphatic carbocycles. The van der Waals surface area contributed by atoms with E-state index in [1.54, 1.807) is 0 Å². The van der Waals surface area contributed by atoms with Crippen LogP contribution in [0, 0.1) is 5.92 Å². The van der Waals surface area contributed by atoms with Gasteiger partial charge in [0, 0.05) is 25.2 Å². The fourth-order valence-electron chi connectivity index (χ4n) is 5.75. The molecule has 3 aromatic carbocycles. The van der Waals surface area contributed by atoms with Crippen molar-refractivity contribution in [3.8, 4) is 5.75 Å². The normalized spacial score (nSPS) is 23.6. The van der Waals surface area contributed by atoms with Gasteiger partial charge in [-0.05, 0) is 23.3 Å². The Bertz CT molecular complexity index is 1010. The molecular weight excluding hydrogens is 422 g/mol. The van der Waals surface area contributed by atoms with Gasteiger partial charge >= 0.3 is 5.97 Å². The van der Waals surface area contributed by atoms with E-state index >= 15 is 0 Å². The van der Waals surface area contributed by atoms with Gasteiger partial charge in [-0.2, -0.15) is 0 Å². The molecular formula is C30H34NO3+. The zero-order chi connectivity index (χ0) is 23.2. The van der Waals surface area contributed by atoms with Crippen molar-refractivity contribution in [2.75, 3.05) is 32.8 Å². The molecule has 3 aliphatic heterocycles. The molecule has 0 radical (unpaired) electrons. The van der Waals surface area contributed by atoms with E-state index in [4.69, 9.17) is 9.47 Å². The highest BCUT2D eigenvalue weighted by Crippen LogP contribution is 2.37. The highest BCUT2D eigenvalue weighted by Gasteiger charge is 2.47. The smallest absolute Gasteiger partial charge is 0.318 e. The zero-order valence-corrected chi connectivity index (χ0v) is 19.7. The number of para-hydroxylation sites is 1. The Balaban J connectivity index is 1.23. The number of ether oxygens (including phenoxy) is 2. The van der Waals surface area contributed by atoms with Gasteiger partial charge in [-0.3, -0.25) is 4.79 Å². The van der Waals surface area contributed by atoms with Crippen LogP contribution in [0.25, 0.3) is 0 Å². The Morgan fingerprint density at radius 1 is 0.824 bits per heavy atom. The predicted molar refractivity (Wildman–Crippen MR) is 134 cm³/mol. The lowest BCUT2D eigenvalue weighted by atomic mass is 9.82. The third-order valence-electron chi connectivity index (χ3n) is 7.60. The maximum absolute atomic E-state index is 13.6. The van der Waals surface area contributed by atoms with Gasteiger partial charge in [0.2, 0.25) is 0 Å². The molecule has 0 unspecified atom stereocenters. The maximum atomic E-state index is 13.6. The fraction of sp³-hybridized carbons (Fsp3) is 0.367. The average molecular weight is 457 g/mol. The lowest BCUT2D eigenvalue weighted by molar-refractivity contribution is -0.946. The number of nitrogens with zero attached hydrogens (tertiary/aromatic N) is 1. The van der Waals surface area contributed by atoms with E-state index in [-0.39, 0.29) is 18.0 Å². The molecule has 3 fully saturated rings. The first kappa shape index (κ1) is 22.7. The number of hydrogen-bond acceptors (Lipinski definition) is 3. The van der Waals surface area contributed by atoms with E-state index in [1.165, 1.54) is 13.1 Å². The maximum Gasteiger partial charge on any atom is 0.318 e. The molecule has 4 heteroatoms. The molecule has 3 saturated heterocycles. The van der Waals surface area contributed by atoms with Crippen LogP contribution in [-0.2, 0) is 9.53 Å². The van der Waals surface area contributed by atoms with Crippen LogP contribution in [0.2, 0.25) is 0 Å². The first-order chi connectivity index (χ1) is 16.7. The summed E-state index contributed by atoms with van der Waals surface area (Å²) in [5.41, 5.74) is 1.98. The molecule has 6 rings (SSSR count). The van der Waals surface area contributed by atoms with E-state index in [9.17, 15) is 4.79 Å². The standard InChI is InChI=1S/C30H34NO3/c32-30(29(25-11-4-1-5-12-25)26-13-6-2-7-14-26)34-28-23-31(20-17-24(28)18-21-31)19-10-22-33-27-15-8-3-9-16-27/h1-9,11-16,24,28-29H,10,17-23H2/q+1/t24?,28-,31?/m0/s1. The fourth-order valence-corrected chi connectivity index (χ4v) is 5.75. The van der Waals surface area contributed by atoms with Crippen LogP contribution in [0.5, 0.6) is 5.75 Å². The van der Waals surface area contributed by atoms with Gasteiger partial charge in [0.15, 0.2) is 6.10 Å². The van der Waals surface area contributed by atoms with Crippen molar-refractivity contribution < 1.29 is 18.8 Å². The molecule has 0 aromatic heterocycles. The third-order valence-corrected chi connectivity index (χ3v) is 7.60. The van der Waals surface area contributed by atoms with Crippen LogP contribution in [-0.4, -0.2) is 49.3 Å². The highest BCUT2D eigenvalue weighted by molar-refractivity contribution is 5.82.